The lowest BCUT2D eigenvalue weighted by Crippen LogP contribution is -2.05. The standard InChI is InChI=1S/C23H18N6/c24-15-18-5-4-8-20(13-18)27-22-14-21(26-16-17-9-11-25-12-10-17)28-23(29-22)19-6-2-1-3-7-19/h1-14H,16H2,(H2,26,27,28,29). The maximum Gasteiger partial charge on any atom is 0.163 e. The molecule has 4 rings (SSSR count). The van der Waals surface area contributed by atoms with Crippen LogP contribution in [0.2, 0.25) is 0 Å². The van der Waals surface area contributed by atoms with Crippen molar-refractivity contribution in [3.05, 3.63) is 96.3 Å². The summed E-state index contributed by atoms with van der Waals surface area (Å²) in [6, 6.07) is 25.0. The molecular formula is C23H18N6. The Balaban J connectivity index is 1.65. The lowest BCUT2D eigenvalue weighted by molar-refractivity contribution is 1.08. The van der Waals surface area contributed by atoms with E-state index in [4.69, 9.17) is 5.26 Å². The van der Waals surface area contributed by atoms with Crippen molar-refractivity contribution in [1.29, 1.82) is 5.26 Å². The van der Waals surface area contributed by atoms with Gasteiger partial charge in [0.2, 0.25) is 0 Å². The maximum absolute atomic E-state index is 9.13. The molecule has 0 saturated heterocycles. The molecule has 0 spiro atoms. The number of anilines is 3. The molecule has 6 heteroatoms. The van der Waals surface area contributed by atoms with E-state index in [1.54, 1.807) is 24.5 Å². The number of hydrogen-bond acceptors (Lipinski definition) is 6. The van der Waals surface area contributed by atoms with Crippen LogP contribution in [0.4, 0.5) is 17.3 Å². The van der Waals surface area contributed by atoms with Gasteiger partial charge in [-0.15, -0.1) is 0 Å². The van der Waals surface area contributed by atoms with E-state index in [1.807, 2.05) is 60.7 Å². The van der Waals surface area contributed by atoms with Crippen molar-refractivity contribution in [2.24, 2.45) is 0 Å². The molecule has 0 amide bonds. The van der Waals surface area contributed by atoms with E-state index in [2.05, 4.69) is 31.7 Å². The van der Waals surface area contributed by atoms with E-state index in [-0.39, 0.29) is 0 Å². The summed E-state index contributed by atoms with van der Waals surface area (Å²) in [7, 11) is 0. The van der Waals surface area contributed by atoms with Crippen LogP contribution in [-0.2, 0) is 6.54 Å². The first kappa shape index (κ1) is 18.1. The number of benzene rings is 2. The second kappa shape index (κ2) is 8.63. The van der Waals surface area contributed by atoms with Crippen molar-refractivity contribution >= 4 is 17.3 Å². The van der Waals surface area contributed by atoms with Crippen LogP contribution >= 0.6 is 0 Å². The van der Waals surface area contributed by atoms with Crippen LogP contribution in [0.15, 0.2) is 85.2 Å². The van der Waals surface area contributed by atoms with Gasteiger partial charge in [0.15, 0.2) is 5.82 Å². The summed E-state index contributed by atoms with van der Waals surface area (Å²) >= 11 is 0. The molecule has 0 fully saturated rings. The van der Waals surface area contributed by atoms with Crippen LogP contribution in [0.5, 0.6) is 0 Å². The first-order valence-electron chi connectivity index (χ1n) is 9.14. The molecule has 2 heterocycles. The Morgan fingerprint density at radius 2 is 1.62 bits per heavy atom. The van der Waals surface area contributed by atoms with Crippen LogP contribution in [0, 0.1) is 11.3 Å². The van der Waals surface area contributed by atoms with Gasteiger partial charge in [0.05, 0.1) is 11.6 Å². The van der Waals surface area contributed by atoms with Gasteiger partial charge in [-0.1, -0.05) is 36.4 Å². The molecule has 2 aromatic heterocycles. The molecule has 0 aliphatic rings. The Kier molecular flexibility index (Phi) is 5.40. The number of aromatic nitrogens is 3. The number of rotatable bonds is 6. The van der Waals surface area contributed by atoms with Gasteiger partial charge in [-0.25, -0.2) is 9.97 Å². The van der Waals surface area contributed by atoms with Gasteiger partial charge in [0.1, 0.15) is 11.6 Å². The van der Waals surface area contributed by atoms with Crippen molar-refractivity contribution < 1.29 is 0 Å². The molecule has 140 valence electrons. The van der Waals surface area contributed by atoms with Crippen LogP contribution in [0.3, 0.4) is 0 Å². The summed E-state index contributed by atoms with van der Waals surface area (Å²) in [6.07, 6.45) is 3.53. The van der Waals surface area contributed by atoms with E-state index in [0.29, 0.717) is 29.6 Å². The van der Waals surface area contributed by atoms with Crippen molar-refractivity contribution in [3.8, 4) is 17.5 Å². The lowest BCUT2D eigenvalue weighted by atomic mass is 10.2. The minimum atomic E-state index is 0.586. The van der Waals surface area contributed by atoms with E-state index < -0.39 is 0 Å². The number of nitrogens with zero attached hydrogens (tertiary/aromatic N) is 4. The average molecular weight is 378 g/mol. The van der Waals surface area contributed by atoms with Crippen LogP contribution in [0.25, 0.3) is 11.4 Å². The van der Waals surface area contributed by atoms with E-state index >= 15 is 0 Å². The average Bonchev–Trinajstić information content (AvgIpc) is 2.79. The quantitative estimate of drug-likeness (QED) is 0.503. The fraction of sp³-hybridized carbons (Fsp3) is 0.0435. The topological polar surface area (TPSA) is 86.5 Å². The zero-order valence-electron chi connectivity index (χ0n) is 15.6. The predicted molar refractivity (Wildman–Crippen MR) is 113 cm³/mol. The molecule has 0 atom stereocenters. The maximum atomic E-state index is 9.13. The van der Waals surface area contributed by atoms with Crippen LogP contribution < -0.4 is 10.6 Å². The van der Waals surface area contributed by atoms with Crippen molar-refractivity contribution in [3.63, 3.8) is 0 Å². The molecule has 0 aliphatic carbocycles. The normalized spacial score (nSPS) is 10.2. The molecule has 4 aromatic rings. The molecule has 2 aromatic carbocycles. The predicted octanol–water partition coefficient (Wildman–Crippen LogP) is 4.77. The highest BCUT2D eigenvalue weighted by Crippen LogP contribution is 2.23. The van der Waals surface area contributed by atoms with Gasteiger partial charge in [-0.2, -0.15) is 5.26 Å². The summed E-state index contributed by atoms with van der Waals surface area (Å²) in [5.74, 6) is 1.96. The van der Waals surface area contributed by atoms with Crippen molar-refractivity contribution in [2.45, 2.75) is 6.54 Å². The van der Waals surface area contributed by atoms with E-state index in [9.17, 15) is 0 Å². The molecule has 2 N–H and O–H groups in total. The SMILES string of the molecule is N#Cc1cccc(Nc2cc(NCc3ccncc3)nc(-c3ccccc3)n2)c1. The Morgan fingerprint density at radius 1 is 0.828 bits per heavy atom. The summed E-state index contributed by atoms with van der Waals surface area (Å²) in [6.45, 7) is 0.622. The third-order valence-electron chi connectivity index (χ3n) is 4.25. The monoisotopic (exact) mass is 378 g/mol. The first-order valence-corrected chi connectivity index (χ1v) is 9.14. The van der Waals surface area contributed by atoms with E-state index in [1.165, 1.54) is 0 Å². The molecule has 6 nitrogen and oxygen atoms in total. The molecule has 0 radical (unpaired) electrons. The largest absolute Gasteiger partial charge is 0.366 e. The molecular weight excluding hydrogens is 360 g/mol. The molecule has 0 unspecified atom stereocenters. The number of nitriles is 1. The molecule has 0 aliphatic heterocycles. The summed E-state index contributed by atoms with van der Waals surface area (Å²) in [4.78, 5) is 13.4. The second-order valence-corrected chi connectivity index (χ2v) is 6.35. The Morgan fingerprint density at radius 3 is 2.41 bits per heavy atom. The third kappa shape index (κ3) is 4.73. The summed E-state index contributed by atoms with van der Waals surface area (Å²) in [5.41, 5.74) is 3.41. The van der Waals surface area contributed by atoms with Gasteiger partial charge < -0.3 is 10.6 Å². The van der Waals surface area contributed by atoms with Crippen LogP contribution in [-0.4, -0.2) is 15.0 Å². The Bertz CT molecular complexity index is 1140. The van der Waals surface area contributed by atoms with Gasteiger partial charge in [0.25, 0.3) is 0 Å². The molecule has 29 heavy (non-hydrogen) atoms. The van der Waals surface area contributed by atoms with Gasteiger partial charge in [0, 0.05) is 36.3 Å². The molecule has 0 saturated carbocycles. The Labute approximate surface area is 168 Å². The number of nitrogens with one attached hydrogen (secondary N) is 2. The van der Waals surface area contributed by atoms with Gasteiger partial charge >= 0.3 is 0 Å². The van der Waals surface area contributed by atoms with E-state index in [0.717, 1.165) is 16.8 Å². The zero-order chi connectivity index (χ0) is 19.9. The lowest BCUT2D eigenvalue weighted by Gasteiger charge is -2.12. The first-order chi connectivity index (χ1) is 14.3. The number of hydrogen-bond donors (Lipinski definition) is 2. The molecule has 0 bridgehead atoms. The summed E-state index contributed by atoms with van der Waals surface area (Å²) in [5, 5.41) is 15.7. The van der Waals surface area contributed by atoms with Crippen molar-refractivity contribution in [1.82, 2.24) is 15.0 Å². The number of pyridine rings is 1. The fourth-order valence-corrected chi connectivity index (χ4v) is 2.83. The highest BCUT2D eigenvalue weighted by Gasteiger charge is 2.08. The van der Waals surface area contributed by atoms with Crippen LogP contribution in [0.1, 0.15) is 11.1 Å². The zero-order valence-corrected chi connectivity index (χ0v) is 15.6. The van der Waals surface area contributed by atoms with Gasteiger partial charge in [-0.05, 0) is 35.9 Å². The fourth-order valence-electron chi connectivity index (χ4n) is 2.83. The Hall–Kier alpha value is -4.24. The second-order valence-electron chi connectivity index (χ2n) is 6.35. The smallest absolute Gasteiger partial charge is 0.163 e. The van der Waals surface area contributed by atoms with Gasteiger partial charge in [-0.3, -0.25) is 4.98 Å². The third-order valence-corrected chi connectivity index (χ3v) is 4.25. The van der Waals surface area contributed by atoms with Crippen molar-refractivity contribution in [2.75, 3.05) is 10.6 Å². The highest BCUT2D eigenvalue weighted by atomic mass is 15.1. The summed E-state index contributed by atoms with van der Waals surface area (Å²) < 4.78 is 0. The minimum Gasteiger partial charge on any atom is -0.366 e. The highest BCUT2D eigenvalue weighted by molar-refractivity contribution is 5.65. The minimum absolute atomic E-state index is 0.586.